The fourth-order valence-electron chi connectivity index (χ4n) is 1.23. The van der Waals surface area contributed by atoms with E-state index in [1.165, 1.54) is 7.11 Å². The van der Waals surface area contributed by atoms with E-state index in [0.717, 1.165) is 18.8 Å². The van der Waals surface area contributed by atoms with Crippen LogP contribution in [0.25, 0.3) is 0 Å². The smallest absolute Gasteiger partial charge is 0.305 e. The molecule has 1 aromatic heterocycles. The predicted molar refractivity (Wildman–Crippen MR) is 51.4 cm³/mol. The monoisotopic (exact) mass is 197 g/mol. The number of methoxy groups -OCH3 is 1. The van der Waals surface area contributed by atoms with Crippen molar-refractivity contribution in [3.8, 4) is 0 Å². The van der Waals surface area contributed by atoms with Gasteiger partial charge in [0.15, 0.2) is 0 Å². The zero-order valence-corrected chi connectivity index (χ0v) is 8.27. The van der Waals surface area contributed by atoms with E-state index in [9.17, 15) is 4.79 Å². The van der Waals surface area contributed by atoms with Crippen LogP contribution in [0, 0.1) is 0 Å². The summed E-state index contributed by atoms with van der Waals surface area (Å²) in [6.07, 6.45) is 4.74. The Morgan fingerprint density at radius 1 is 1.71 bits per heavy atom. The Morgan fingerprint density at radius 2 is 2.50 bits per heavy atom. The Hall–Kier alpha value is -1.36. The summed E-state index contributed by atoms with van der Waals surface area (Å²) >= 11 is 0. The average molecular weight is 197 g/mol. The molecule has 14 heavy (non-hydrogen) atoms. The van der Waals surface area contributed by atoms with Crippen LogP contribution in [0.1, 0.15) is 18.7 Å². The molecule has 0 aliphatic rings. The summed E-state index contributed by atoms with van der Waals surface area (Å²) in [4.78, 5) is 14.9. The van der Waals surface area contributed by atoms with Crippen molar-refractivity contribution < 1.29 is 9.53 Å². The first kappa shape index (κ1) is 10.7. The van der Waals surface area contributed by atoms with Crippen molar-refractivity contribution in [2.75, 3.05) is 7.11 Å². The lowest BCUT2D eigenvalue weighted by atomic mass is 10.3. The van der Waals surface area contributed by atoms with E-state index in [-0.39, 0.29) is 5.97 Å². The van der Waals surface area contributed by atoms with Gasteiger partial charge in [0.2, 0.25) is 0 Å². The maximum absolute atomic E-state index is 10.8. The third-order valence-electron chi connectivity index (χ3n) is 1.99. The first-order valence-corrected chi connectivity index (χ1v) is 4.55. The van der Waals surface area contributed by atoms with Gasteiger partial charge >= 0.3 is 5.97 Å². The van der Waals surface area contributed by atoms with Gasteiger partial charge in [-0.3, -0.25) is 4.79 Å². The maximum Gasteiger partial charge on any atom is 0.305 e. The second-order valence-corrected chi connectivity index (χ2v) is 2.92. The molecule has 78 valence electrons. The molecule has 0 atom stereocenters. The van der Waals surface area contributed by atoms with Crippen LogP contribution in [-0.2, 0) is 22.6 Å². The number of esters is 1. The number of hydrogen-bond acceptors (Lipinski definition) is 4. The van der Waals surface area contributed by atoms with Crippen molar-refractivity contribution in [3.63, 3.8) is 0 Å². The fourth-order valence-corrected chi connectivity index (χ4v) is 1.23. The summed E-state index contributed by atoms with van der Waals surface area (Å²) in [6, 6.07) is 0. The summed E-state index contributed by atoms with van der Waals surface area (Å²) in [5.41, 5.74) is 5.48. The van der Waals surface area contributed by atoms with Gasteiger partial charge in [0.1, 0.15) is 5.82 Å². The fraction of sp³-hybridized carbons (Fsp3) is 0.556. The lowest BCUT2D eigenvalue weighted by Gasteiger charge is -2.04. The highest BCUT2D eigenvalue weighted by molar-refractivity contribution is 5.68. The van der Waals surface area contributed by atoms with Gasteiger partial charge in [-0.1, -0.05) is 0 Å². The second-order valence-electron chi connectivity index (χ2n) is 2.92. The SMILES string of the molecule is COC(=O)CCCn1ccnc1CN. The number of carbonyl (C=O) groups is 1. The summed E-state index contributed by atoms with van der Waals surface area (Å²) in [5, 5.41) is 0. The Balaban J connectivity index is 2.34. The maximum atomic E-state index is 10.8. The van der Waals surface area contributed by atoms with E-state index in [0.29, 0.717) is 13.0 Å². The number of ether oxygens (including phenoxy) is 1. The van der Waals surface area contributed by atoms with E-state index < -0.39 is 0 Å². The van der Waals surface area contributed by atoms with Gasteiger partial charge in [0, 0.05) is 25.4 Å². The Bertz CT molecular complexity index is 296. The molecule has 1 rings (SSSR count). The standard InChI is InChI=1S/C9H15N3O2/c1-14-9(13)3-2-5-12-6-4-11-8(12)7-10/h4,6H,2-3,5,7,10H2,1H3. The van der Waals surface area contributed by atoms with Crippen LogP contribution in [0.5, 0.6) is 0 Å². The largest absolute Gasteiger partial charge is 0.469 e. The third-order valence-corrected chi connectivity index (χ3v) is 1.99. The van der Waals surface area contributed by atoms with Gasteiger partial charge in [0.05, 0.1) is 13.7 Å². The molecule has 5 nitrogen and oxygen atoms in total. The molecular weight excluding hydrogens is 182 g/mol. The highest BCUT2D eigenvalue weighted by Crippen LogP contribution is 2.01. The normalized spacial score (nSPS) is 10.1. The highest BCUT2D eigenvalue weighted by atomic mass is 16.5. The van der Waals surface area contributed by atoms with Crippen molar-refractivity contribution in [2.45, 2.75) is 25.9 Å². The van der Waals surface area contributed by atoms with Gasteiger partial charge < -0.3 is 15.0 Å². The van der Waals surface area contributed by atoms with Crippen molar-refractivity contribution in [1.29, 1.82) is 0 Å². The molecule has 1 heterocycles. The number of rotatable bonds is 5. The number of aryl methyl sites for hydroxylation is 1. The van der Waals surface area contributed by atoms with Crippen LogP contribution in [0.4, 0.5) is 0 Å². The minimum absolute atomic E-state index is 0.181. The Labute approximate surface area is 82.9 Å². The summed E-state index contributed by atoms with van der Waals surface area (Å²) in [6.45, 7) is 1.17. The van der Waals surface area contributed by atoms with Crippen molar-refractivity contribution >= 4 is 5.97 Å². The number of nitrogens with zero attached hydrogens (tertiary/aromatic N) is 2. The van der Waals surface area contributed by atoms with E-state index in [4.69, 9.17) is 5.73 Å². The molecule has 1 aromatic rings. The van der Waals surface area contributed by atoms with Crippen LogP contribution in [0.3, 0.4) is 0 Å². The predicted octanol–water partition coefficient (Wildman–Crippen LogP) is 0.295. The molecule has 0 aliphatic carbocycles. The highest BCUT2D eigenvalue weighted by Gasteiger charge is 2.02. The lowest BCUT2D eigenvalue weighted by molar-refractivity contribution is -0.140. The van der Waals surface area contributed by atoms with Crippen LogP contribution in [0.2, 0.25) is 0 Å². The number of aromatic nitrogens is 2. The molecule has 0 aromatic carbocycles. The van der Waals surface area contributed by atoms with E-state index in [1.54, 1.807) is 6.20 Å². The average Bonchev–Trinajstić information content (AvgIpc) is 2.65. The van der Waals surface area contributed by atoms with Crippen molar-refractivity contribution in [3.05, 3.63) is 18.2 Å². The van der Waals surface area contributed by atoms with Gasteiger partial charge in [0.25, 0.3) is 0 Å². The molecule has 2 N–H and O–H groups in total. The Morgan fingerprint density at radius 3 is 3.14 bits per heavy atom. The second kappa shape index (κ2) is 5.39. The molecule has 0 saturated heterocycles. The first-order valence-electron chi connectivity index (χ1n) is 4.55. The summed E-state index contributed by atoms with van der Waals surface area (Å²) in [7, 11) is 1.39. The van der Waals surface area contributed by atoms with E-state index in [2.05, 4.69) is 9.72 Å². The molecule has 0 fully saturated rings. The Kier molecular flexibility index (Phi) is 4.12. The number of imidazole rings is 1. The quantitative estimate of drug-likeness (QED) is 0.689. The minimum atomic E-state index is -0.181. The molecule has 0 bridgehead atoms. The van der Waals surface area contributed by atoms with Gasteiger partial charge in [-0.05, 0) is 6.42 Å². The first-order chi connectivity index (χ1) is 6.77. The molecule has 0 saturated carbocycles. The topological polar surface area (TPSA) is 70.1 Å². The number of carbonyl (C=O) groups excluding carboxylic acids is 1. The van der Waals surface area contributed by atoms with E-state index >= 15 is 0 Å². The van der Waals surface area contributed by atoms with E-state index in [1.807, 2.05) is 10.8 Å². The van der Waals surface area contributed by atoms with Crippen LogP contribution < -0.4 is 5.73 Å². The van der Waals surface area contributed by atoms with Gasteiger partial charge in [-0.2, -0.15) is 0 Å². The lowest BCUT2D eigenvalue weighted by Crippen LogP contribution is -2.09. The van der Waals surface area contributed by atoms with Crippen molar-refractivity contribution in [1.82, 2.24) is 9.55 Å². The zero-order valence-electron chi connectivity index (χ0n) is 8.27. The zero-order chi connectivity index (χ0) is 10.4. The number of nitrogens with two attached hydrogens (primary N) is 1. The van der Waals surface area contributed by atoms with Crippen molar-refractivity contribution in [2.24, 2.45) is 5.73 Å². The van der Waals surface area contributed by atoms with Crippen LogP contribution in [-0.4, -0.2) is 22.6 Å². The van der Waals surface area contributed by atoms with Crippen LogP contribution >= 0.6 is 0 Å². The summed E-state index contributed by atoms with van der Waals surface area (Å²) < 4.78 is 6.49. The number of hydrogen-bond donors (Lipinski definition) is 1. The molecule has 5 heteroatoms. The minimum Gasteiger partial charge on any atom is -0.469 e. The van der Waals surface area contributed by atoms with Gasteiger partial charge in [-0.15, -0.1) is 0 Å². The molecular formula is C9H15N3O2. The molecule has 0 amide bonds. The van der Waals surface area contributed by atoms with Gasteiger partial charge in [-0.25, -0.2) is 4.98 Å². The molecule has 0 unspecified atom stereocenters. The summed E-state index contributed by atoms with van der Waals surface area (Å²) in [5.74, 6) is 0.661. The third kappa shape index (κ3) is 2.85. The van der Waals surface area contributed by atoms with Crippen LogP contribution in [0.15, 0.2) is 12.4 Å². The molecule has 0 spiro atoms. The molecule has 0 aliphatic heterocycles. The molecule has 0 radical (unpaired) electrons.